The zero-order chi connectivity index (χ0) is 18.5. The molecule has 0 bridgehead atoms. The van der Waals surface area contributed by atoms with E-state index in [9.17, 15) is 13.2 Å². The van der Waals surface area contributed by atoms with Crippen LogP contribution >= 0.6 is 0 Å². The summed E-state index contributed by atoms with van der Waals surface area (Å²) in [5, 5.41) is 3.11. The average molecular weight is 370 g/mol. The van der Waals surface area contributed by atoms with Gasteiger partial charge in [-0.25, -0.2) is 8.42 Å². The van der Waals surface area contributed by atoms with Gasteiger partial charge in [-0.2, -0.15) is 0 Å². The number of likely N-dealkylation sites (N-methyl/N-ethyl adjacent to an activating group) is 1. The fraction of sp³-hybridized carbons (Fsp3) is 0.588. The molecule has 1 aromatic carbocycles. The number of benzene rings is 1. The third-order valence-corrected chi connectivity index (χ3v) is 6.61. The fourth-order valence-corrected chi connectivity index (χ4v) is 4.41. The number of methoxy groups -OCH3 is 1. The number of rotatable bonds is 7. The van der Waals surface area contributed by atoms with Crippen molar-refractivity contribution in [3.63, 3.8) is 0 Å². The van der Waals surface area contributed by atoms with Crippen LogP contribution in [0.1, 0.15) is 12.8 Å². The van der Waals surface area contributed by atoms with Crippen LogP contribution in [-0.4, -0.2) is 70.6 Å². The van der Waals surface area contributed by atoms with E-state index in [2.05, 4.69) is 5.32 Å². The van der Waals surface area contributed by atoms with Crippen molar-refractivity contribution in [2.24, 2.45) is 0 Å². The van der Waals surface area contributed by atoms with Crippen LogP contribution in [0.4, 0.5) is 0 Å². The molecule has 1 amide bonds. The maximum atomic E-state index is 12.8. The number of piperidine rings is 1. The first-order valence-electron chi connectivity index (χ1n) is 8.23. The molecule has 1 heterocycles. The second-order valence-electron chi connectivity index (χ2n) is 6.27. The zero-order valence-electron chi connectivity index (χ0n) is 14.9. The first-order valence-corrected chi connectivity index (χ1v) is 10.1. The molecule has 0 spiro atoms. The molecule has 1 fully saturated rings. The van der Waals surface area contributed by atoms with Crippen molar-refractivity contribution < 1.29 is 22.7 Å². The van der Waals surface area contributed by atoms with Gasteiger partial charge in [-0.05, 0) is 50.2 Å². The molecule has 7 nitrogen and oxygen atoms in total. The molecule has 25 heavy (non-hydrogen) atoms. The molecule has 0 radical (unpaired) electrons. The van der Waals surface area contributed by atoms with E-state index in [1.54, 1.807) is 38.4 Å². The quantitative estimate of drug-likeness (QED) is 0.761. The monoisotopic (exact) mass is 370 g/mol. The van der Waals surface area contributed by atoms with Crippen LogP contribution in [-0.2, 0) is 14.6 Å². The molecule has 0 unspecified atom stereocenters. The normalized spacial score (nSPS) is 16.9. The lowest BCUT2D eigenvalue weighted by Crippen LogP contribution is -2.57. The minimum atomic E-state index is -3.50. The zero-order valence-corrected chi connectivity index (χ0v) is 15.8. The van der Waals surface area contributed by atoms with Gasteiger partial charge in [-0.1, -0.05) is 0 Å². The average Bonchev–Trinajstić information content (AvgIpc) is 2.61. The van der Waals surface area contributed by atoms with Crippen LogP contribution in [0, 0.1) is 0 Å². The van der Waals surface area contributed by atoms with Crippen LogP contribution in [0.25, 0.3) is 0 Å². The highest BCUT2D eigenvalue weighted by atomic mass is 32.2. The van der Waals surface area contributed by atoms with Gasteiger partial charge in [-0.15, -0.1) is 0 Å². The summed E-state index contributed by atoms with van der Waals surface area (Å²) in [6, 6.07) is 7.15. The smallest absolute Gasteiger partial charge is 0.243 e. The number of hydrogen-bond acceptors (Lipinski definition) is 6. The van der Waals surface area contributed by atoms with E-state index in [0.717, 1.165) is 12.0 Å². The molecule has 0 atom stereocenters. The van der Waals surface area contributed by atoms with Crippen LogP contribution in [0.5, 0.6) is 11.5 Å². The minimum absolute atomic E-state index is 0.284. The predicted octanol–water partition coefficient (Wildman–Crippen LogP) is 0.699. The number of nitrogens with zero attached hydrogens (tertiary/aromatic N) is 1. The summed E-state index contributed by atoms with van der Waals surface area (Å²) in [4.78, 5) is 14.3. The van der Waals surface area contributed by atoms with E-state index in [0.29, 0.717) is 38.2 Å². The molecule has 2 rings (SSSR count). The van der Waals surface area contributed by atoms with E-state index in [-0.39, 0.29) is 12.5 Å². The van der Waals surface area contributed by atoms with Gasteiger partial charge in [0.1, 0.15) is 18.1 Å². The molecule has 0 saturated carbocycles. The summed E-state index contributed by atoms with van der Waals surface area (Å²) >= 11 is 0. The number of carbonyl (C=O) groups is 1. The Hall–Kier alpha value is -1.80. The Morgan fingerprint density at radius 1 is 1.20 bits per heavy atom. The lowest BCUT2D eigenvalue weighted by molar-refractivity contribution is -0.133. The van der Waals surface area contributed by atoms with Gasteiger partial charge in [0.2, 0.25) is 5.91 Å². The Labute approximate surface area is 149 Å². The second-order valence-corrected chi connectivity index (χ2v) is 8.59. The van der Waals surface area contributed by atoms with Crippen LogP contribution in [0.15, 0.2) is 24.3 Å². The van der Waals surface area contributed by atoms with E-state index < -0.39 is 14.6 Å². The molecule has 8 heteroatoms. The van der Waals surface area contributed by atoms with Crippen LogP contribution in [0.2, 0.25) is 0 Å². The number of hydrogen-bond donors (Lipinski definition) is 1. The summed E-state index contributed by atoms with van der Waals surface area (Å²) in [7, 11) is -0.291. The van der Waals surface area contributed by atoms with E-state index >= 15 is 0 Å². The molecule has 1 saturated heterocycles. The lowest BCUT2D eigenvalue weighted by Gasteiger charge is -2.37. The molecule has 140 valence electrons. The molecule has 1 aliphatic heterocycles. The van der Waals surface area contributed by atoms with E-state index in [1.165, 1.54) is 4.90 Å². The van der Waals surface area contributed by atoms with Crippen molar-refractivity contribution >= 4 is 15.7 Å². The predicted molar refractivity (Wildman–Crippen MR) is 95.8 cm³/mol. The van der Waals surface area contributed by atoms with E-state index in [4.69, 9.17) is 9.47 Å². The molecular formula is C17H26N2O5S. The Morgan fingerprint density at radius 3 is 2.28 bits per heavy atom. The summed E-state index contributed by atoms with van der Waals surface area (Å²) in [6.07, 6.45) is 1.75. The highest BCUT2D eigenvalue weighted by Crippen LogP contribution is 2.29. The first kappa shape index (κ1) is 19.5. The highest BCUT2D eigenvalue weighted by Gasteiger charge is 2.49. The summed E-state index contributed by atoms with van der Waals surface area (Å²) in [5.74, 6) is 1.05. The van der Waals surface area contributed by atoms with E-state index in [1.807, 2.05) is 0 Å². The SMILES string of the molecule is COc1ccc(OCCN(C)C(=O)C2(S(C)(=O)=O)CCNCC2)cc1. The Bertz CT molecular complexity index is 681. The van der Waals surface area contributed by atoms with Crippen molar-refractivity contribution in [2.75, 3.05) is 46.7 Å². The van der Waals surface area contributed by atoms with Gasteiger partial charge in [0, 0.05) is 13.3 Å². The third kappa shape index (κ3) is 4.43. The van der Waals surface area contributed by atoms with Crippen molar-refractivity contribution in [2.45, 2.75) is 17.6 Å². The maximum Gasteiger partial charge on any atom is 0.243 e. The summed E-state index contributed by atoms with van der Waals surface area (Å²) in [6.45, 7) is 1.65. The van der Waals surface area contributed by atoms with Gasteiger partial charge in [0.05, 0.1) is 13.7 Å². The Morgan fingerprint density at radius 2 is 1.76 bits per heavy atom. The van der Waals surface area contributed by atoms with Crippen molar-refractivity contribution in [3.05, 3.63) is 24.3 Å². The molecule has 1 aromatic rings. The molecule has 1 N–H and O–H groups in total. The Balaban J connectivity index is 1.96. The second kappa shape index (κ2) is 8.05. The van der Waals surface area contributed by atoms with Crippen molar-refractivity contribution in [3.8, 4) is 11.5 Å². The molecule has 1 aliphatic rings. The van der Waals surface area contributed by atoms with Gasteiger partial charge >= 0.3 is 0 Å². The van der Waals surface area contributed by atoms with Crippen LogP contribution < -0.4 is 14.8 Å². The van der Waals surface area contributed by atoms with Crippen LogP contribution in [0.3, 0.4) is 0 Å². The molecular weight excluding hydrogens is 344 g/mol. The number of amides is 1. The number of ether oxygens (including phenoxy) is 2. The first-order chi connectivity index (χ1) is 11.8. The summed E-state index contributed by atoms with van der Waals surface area (Å²) < 4.78 is 34.0. The fourth-order valence-electron chi connectivity index (χ4n) is 3.00. The van der Waals surface area contributed by atoms with Crippen molar-refractivity contribution in [1.29, 1.82) is 0 Å². The van der Waals surface area contributed by atoms with Crippen molar-refractivity contribution in [1.82, 2.24) is 10.2 Å². The number of nitrogens with one attached hydrogen (secondary N) is 1. The highest BCUT2D eigenvalue weighted by molar-refractivity contribution is 7.92. The molecule has 0 aliphatic carbocycles. The number of carbonyl (C=O) groups excluding carboxylic acids is 1. The number of sulfone groups is 1. The summed E-state index contributed by atoms with van der Waals surface area (Å²) in [5.41, 5.74) is 0. The standard InChI is InChI=1S/C17H26N2O5S/c1-19(12-13-24-15-6-4-14(23-2)5-7-15)16(20)17(25(3,21)22)8-10-18-11-9-17/h4-7,18H,8-13H2,1-3H3. The lowest BCUT2D eigenvalue weighted by atomic mass is 9.95. The van der Waals surface area contributed by atoms with Gasteiger partial charge < -0.3 is 19.7 Å². The Kier molecular flexibility index (Phi) is 6.29. The largest absolute Gasteiger partial charge is 0.497 e. The minimum Gasteiger partial charge on any atom is -0.497 e. The maximum absolute atomic E-state index is 12.8. The van der Waals surface area contributed by atoms with Gasteiger partial charge in [-0.3, -0.25) is 4.79 Å². The molecule has 0 aromatic heterocycles. The third-order valence-electron chi connectivity index (χ3n) is 4.61. The topological polar surface area (TPSA) is 84.9 Å². The van der Waals surface area contributed by atoms with Gasteiger partial charge in [0.15, 0.2) is 14.6 Å². The van der Waals surface area contributed by atoms with Gasteiger partial charge in [0.25, 0.3) is 0 Å².